The number of pyridine rings is 1. The lowest BCUT2D eigenvalue weighted by atomic mass is 9.92. The van der Waals surface area contributed by atoms with Crippen LogP contribution >= 0.6 is 0 Å². The fraction of sp³-hybridized carbons (Fsp3) is 0.688. The van der Waals surface area contributed by atoms with Gasteiger partial charge in [0.05, 0.1) is 0 Å². The lowest BCUT2D eigenvalue weighted by Crippen LogP contribution is -2.43. The molecule has 0 amide bonds. The summed E-state index contributed by atoms with van der Waals surface area (Å²) < 4.78 is 0. The molecule has 1 aliphatic heterocycles. The molecule has 3 nitrogen and oxygen atoms in total. The lowest BCUT2D eigenvalue weighted by Gasteiger charge is -2.38. The van der Waals surface area contributed by atoms with E-state index < -0.39 is 0 Å². The minimum absolute atomic E-state index is 0.519. The average molecular weight is 261 g/mol. The standard InChI is InChI=1S/C16H27N3/c1-12(2)18-11-15-7-8-17-16(10-15)19-9-5-6-13(3)14(19)4/h7-8,10,12-14,18H,5-6,9,11H2,1-4H3. The topological polar surface area (TPSA) is 28.2 Å². The summed E-state index contributed by atoms with van der Waals surface area (Å²) in [6.45, 7) is 11.1. The van der Waals surface area contributed by atoms with Crippen molar-refractivity contribution in [1.29, 1.82) is 0 Å². The van der Waals surface area contributed by atoms with Gasteiger partial charge in [-0.2, -0.15) is 0 Å². The van der Waals surface area contributed by atoms with Crippen molar-refractivity contribution >= 4 is 5.82 Å². The highest BCUT2D eigenvalue weighted by Crippen LogP contribution is 2.27. The highest BCUT2D eigenvalue weighted by molar-refractivity contribution is 5.42. The molecular weight excluding hydrogens is 234 g/mol. The first-order valence-electron chi connectivity index (χ1n) is 7.53. The van der Waals surface area contributed by atoms with E-state index in [4.69, 9.17) is 0 Å². The summed E-state index contributed by atoms with van der Waals surface area (Å²) in [7, 11) is 0. The Kier molecular flexibility index (Phi) is 4.81. The van der Waals surface area contributed by atoms with Crippen molar-refractivity contribution in [2.24, 2.45) is 5.92 Å². The van der Waals surface area contributed by atoms with Gasteiger partial charge < -0.3 is 10.2 Å². The van der Waals surface area contributed by atoms with E-state index in [-0.39, 0.29) is 0 Å². The van der Waals surface area contributed by atoms with Gasteiger partial charge in [0.1, 0.15) is 5.82 Å². The lowest BCUT2D eigenvalue weighted by molar-refractivity contribution is 0.361. The normalized spacial score (nSPS) is 23.9. The van der Waals surface area contributed by atoms with Crippen molar-refractivity contribution < 1.29 is 0 Å². The highest BCUT2D eigenvalue weighted by Gasteiger charge is 2.25. The van der Waals surface area contributed by atoms with E-state index >= 15 is 0 Å². The van der Waals surface area contributed by atoms with Gasteiger partial charge in [0, 0.05) is 31.4 Å². The molecule has 0 aromatic carbocycles. The van der Waals surface area contributed by atoms with Gasteiger partial charge in [0.2, 0.25) is 0 Å². The van der Waals surface area contributed by atoms with Crippen molar-refractivity contribution in [3.63, 3.8) is 0 Å². The summed E-state index contributed by atoms with van der Waals surface area (Å²) >= 11 is 0. The molecule has 1 fully saturated rings. The minimum Gasteiger partial charge on any atom is -0.354 e. The van der Waals surface area contributed by atoms with Crippen molar-refractivity contribution in [2.45, 2.75) is 59.2 Å². The number of hydrogen-bond donors (Lipinski definition) is 1. The predicted octanol–water partition coefficient (Wildman–Crippen LogP) is 3.20. The van der Waals surface area contributed by atoms with E-state index in [0.29, 0.717) is 12.1 Å². The zero-order chi connectivity index (χ0) is 13.8. The summed E-state index contributed by atoms with van der Waals surface area (Å²) in [5, 5.41) is 3.47. The second-order valence-corrected chi connectivity index (χ2v) is 6.11. The summed E-state index contributed by atoms with van der Waals surface area (Å²) in [4.78, 5) is 7.04. The fourth-order valence-electron chi connectivity index (χ4n) is 2.71. The molecule has 106 valence electrons. The first-order chi connectivity index (χ1) is 9.08. The van der Waals surface area contributed by atoms with Crippen molar-refractivity contribution in [3.8, 4) is 0 Å². The largest absolute Gasteiger partial charge is 0.354 e. The second-order valence-electron chi connectivity index (χ2n) is 6.11. The van der Waals surface area contributed by atoms with Crippen LogP contribution in [0.3, 0.4) is 0 Å². The van der Waals surface area contributed by atoms with Crippen LogP contribution in [0.2, 0.25) is 0 Å². The Bertz CT molecular complexity index is 403. The van der Waals surface area contributed by atoms with Gasteiger partial charge in [-0.05, 0) is 43.4 Å². The summed E-state index contributed by atoms with van der Waals surface area (Å²) in [6.07, 6.45) is 4.56. The maximum atomic E-state index is 4.57. The van der Waals surface area contributed by atoms with E-state index in [2.05, 4.69) is 55.0 Å². The van der Waals surface area contributed by atoms with Crippen LogP contribution in [0.25, 0.3) is 0 Å². The molecule has 0 saturated carbocycles. The molecule has 1 aromatic rings. The number of nitrogens with zero attached hydrogens (tertiary/aromatic N) is 2. The maximum absolute atomic E-state index is 4.57. The molecule has 19 heavy (non-hydrogen) atoms. The van der Waals surface area contributed by atoms with E-state index in [1.807, 2.05) is 6.20 Å². The summed E-state index contributed by atoms with van der Waals surface area (Å²) in [5.74, 6) is 1.90. The third-order valence-corrected chi connectivity index (χ3v) is 4.19. The van der Waals surface area contributed by atoms with E-state index in [0.717, 1.165) is 24.8 Å². The van der Waals surface area contributed by atoms with Crippen LogP contribution in [0.5, 0.6) is 0 Å². The second kappa shape index (κ2) is 6.38. The molecule has 0 radical (unpaired) electrons. The Morgan fingerprint density at radius 1 is 1.42 bits per heavy atom. The van der Waals surface area contributed by atoms with Crippen LogP contribution in [0.15, 0.2) is 18.3 Å². The molecule has 0 spiro atoms. The van der Waals surface area contributed by atoms with Crippen LogP contribution < -0.4 is 10.2 Å². The third kappa shape index (κ3) is 3.69. The van der Waals surface area contributed by atoms with E-state index in [1.54, 1.807) is 0 Å². The van der Waals surface area contributed by atoms with Gasteiger partial charge in [-0.3, -0.25) is 0 Å². The molecule has 1 aromatic heterocycles. The van der Waals surface area contributed by atoms with Crippen LogP contribution in [0.1, 0.15) is 46.1 Å². The Morgan fingerprint density at radius 2 is 2.21 bits per heavy atom. The van der Waals surface area contributed by atoms with E-state index in [9.17, 15) is 0 Å². The van der Waals surface area contributed by atoms with Gasteiger partial charge in [-0.25, -0.2) is 4.98 Å². The quantitative estimate of drug-likeness (QED) is 0.902. The molecule has 1 N–H and O–H groups in total. The SMILES string of the molecule is CC(C)NCc1ccnc(N2CCCC(C)C2C)c1. The van der Waals surface area contributed by atoms with Crippen molar-refractivity contribution in [1.82, 2.24) is 10.3 Å². The first kappa shape index (κ1) is 14.3. The van der Waals surface area contributed by atoms with E-state index in [1.165, 1.54) is 18.4 Å². The number of anilines is 1. The van der Waals surface area contributed by atoms with Crippen molar-refractivity contribution in [3.05, 3.63) is 23.9 Å². The molecule has 2 heterocycles. The van der Waals surface area contributed by atoms with Crippen LogP contribution in [-0.2, 0) is 6.54 Å². The molecule has 2 atom stereocenters. The molecule has 2 unspecified atom stereocenters. The number of nitrogens with one attached hydrogen (secondary N) is 1. The summed E-state index contributed by atoms with van der Waals surface area (Å²) in [5.41, 5.74) is 1.32. The maximum Gasteiger partial charge on any atom is 0.129 e. The van der Waals surface area contributed by atoms with Gasteiger partial charge >= 0.3 is 0 Å². The van der Waals surface area contributed by atoms with Crippen LogP contribution in [0, 0.1) is 5.92 Å². The number of hydrogen-bond acceptors (Lipinski definition) is 3. The monoisotopic (exact) mass is 261 g/mol. The highest BCUT2D eigenvalue weighted by atomic mass is 15.2. The number of piperidine rings is 1. The number of aromatic nitrogens is 1. The molecule has 2 rings (SSSR count). The Hall–Kier alpha value is -1.09. The Balaban J connectivity index is 2.09. The Labute approximate surface area is 117 Å². The predicted molar refractivity (Wildman–Crippen MR) is 81.4 cm³/mol. The molecule has 3 heteroatoms. The summed E-state index contributed by atoms with van der Waals surface area (Å²) in [6, 6.07) is 5.46. The Morgan fingerprint density at radius 3 is 2.95 bits per heavy atom. The average Bonchev–Trinajstić information content (AvgIpc) is 2.40. The zero-order valence-electron chi connectivity index (χ0n) is 12.7. The minimum atomic E-state index is 0.519. The molecule has 0 bridgehead atoms. The van der Waals surface area contributed by atoms with Gasteiger partial charge in [-0.1, -0.05) is 20.8 Å². The molecule has 1 aliphatic rings. The molecule has 0 aliphatic carbocycles. The van der Waals surface area contributed by atoms with Crippen LogP contribution in [0.4, 0.5) is 5.82 Å². The number of rotatable bonds is 4. The molecular formula is C16H27N3. The van der Waals surface area contributed by atoms with Crippen LogP contribution in [-0.4, -0.2) is 23.6 Å². The fourth-order valence-corrected chi connectivity index (χ4v) is 2.71. The van der Waals surface area contributed by atoms with Gasteiger partial charge in [-0.15, -0.1) is 0 Å². The van der Waals surface area contributed by atoms with Gasteiger partial charge in [0.25, 0.3) is 0 Å². The molecule has 1 saturated heterocycles. The van der Waals surface area contributed by atoms with Gasteiger partial charge in [0.15, 0.2) is 0 Å². The van der Waals surface area contributed by atoms with Crippen molar-refractivity contribution in [2.75, 3.05) is 11.4 Å². The smallest absolute Gasteiger partial charge is 0.129 e. The third-order valence-electron chi connectivity index (χ3n) is 4.19. The zero-order valence-corrected chi connectivity index (χ0v) is 12.7. The first-order valence-corrected chi connectivity index (χ1v) is 7.53.